The molecule has 75 heavy (non-hydrogen) atoms. The number of likely N-dealkylation sites (N-methyl/N-ethyl adjacent to an activating group) is 1. The monoisotopic (exact) mass is 1110 g/mol. The normalized spacial score (nSPS) is 23.7. The number of esters is 1. The maximum absolute atomic E-state index is 14.6. The number of ketones is 1. The molecule has 2 unspecified atom stereocenters. The zero-order valence-corrected chi connectivity index (χ0v) is 46.5. The summed E-state index contributed by atoms with van der Waals surface area (Å²) < 4.78 is 38.9. The number of hydrogen-bond acceptors (Lipinski definition) is 17. The van der Waals surface area contributed by atoms with Crippen molar-refractivity contribution in [2.75, 3.05) is 87.8 Å². The Morgan fingerprint density at radius 3 is 2.23 bits per heavy atom. The minimum Gasteiger partial charge on any atom is -0.493 e. The first-order valence-corrected chi connectivity index (χ1v) is 26.6. The average Bonchev–Trinajstić information content (AvgIpc) is 4.03. The second-order valence-electron chi connectivity index (χ2n) is 19.7. The van der Waals surface area contributed by atoms with E-state index in [1.54, 1.807) is 14.0 Å². The van der Waals surface area contributed by atoms with Crippen LogP contribution in [0.5, 0.6) is 11.5 Å². The van der Waals surface area contributed by atoms with Crippen molar-refractivity contribution >= 4 is 64.4 Å². The van der Waals surface area contributed by atoms with E-state index in [4.69, 9.17) is 68.0 Å². The largest absolute Gasteiger partial charge is 0.493 e. The Kier molecular flexibility index (Phi) is 16.9. The molecule has 2 aliphatic carbocycles. The molecule has 3 aromatic carbocycles. The number of aryl methyl sites for hydroxylation is 1. The summed E-state index contributed by atoms with van der Waals surface area (Å²) in [7, 11) is 12.9. The number of thioether (sulfide) groups is 1. The lowest BCUT2D eigenvalue weighted by Gasteiger charge is -2.62. The van der Waals surface area contributed by atoms with Crippen LogP contribution in [0.15, 0.2) is 89.7 Å². The summed E-state index contributed by atoms with van der Waals surface area (Å²) in [6, 6.07) is 16.0. The Morgan fingerprint density at radius 2 is 1.64 bits per heavy atom. The minimum absolute atomic E-state index is 0.00728. The van der Waals surface area contributed by atoms with E-state index in [2.05, 4.69) is 47.1 Å². The van der Waals surface area contributed by atoms with E-state index >= 15 is 0 Å². The molecule has 3 aromatic rings. The number of piperazine rings is 1. The lowest BCUT2D eigenvalue weighted by Crippen LogP contribution is -2.74. The van der Waals surface area contributed by atoms with Crippen LogP contribution in [0.1, 0.15) is 53.1 Å². The zero-order valence-electron chi connectivity index (χ0n) is 43.4. The molecule has 2 N–H and O–H groups in total. The number of nitrogens with zero attached hydrogens (tertiary/aromatic N) is 5. The molecule has 7 atom stereocenters. The number of piperidine rings is 1. The number of ether oxygens (including phenoxy) is 7. The van der Waals surface area contributed by atoms with Crippen LogP contribution < -0.4 is 14.8 Å². The van der Waals surface area contributed by atoms with Crippen molar-refractivity contribution < 1.29 is 52.6 Å². The lowest BCUT2D eigenvalue weighted by molar-refractivity contribution is -0.159. The third-order valence-electron chi connectivity index (χ3n) is 14.8. The fourth-order valence-electron chi connectivity index (χ4n) is 11.4. The first-order chi connectivity index (χ1) is 35.7. The van der Waals surface area contributed by atoms with Crippen LogP contribution in [0.25, 0.3) is 11.1 Å². The predicted molar refractivity (Wildman–Crippen MR) is 285 cm³/mol. The maximum atomic E-state index is 14.6. The number of nitrogens with one attached hydrogen (secondary N) is 1. The summed E-state index contributed by atoms with van der Waals surface area (Å²) in [5.74, 6) is 1.46. The highest BCUT2D eigenvalue weighted by molar-refractivity contribution is 7.99. The number of amides is 1. The standard InChI is InChI=1S/C48H49Cl3N4O11S.C6H14N2/c1-24-14-26-15-33-35(17-52)55-34(39(54(33)3)37(26)42(40(24)61-5)64-22-60-4)16-47(59)38(43-41(65-23-66-43)25(2)44(47)56)36(55)18-62-45(57)32(53-46(58)63-21-48(49,50)51)20-67-19-31-29-12-8-6-10-27(29)28-11-7-9-13-30(28)31;1-6(7(2)3)8(4)5/h6-14,31-36,39,59H,15-16,18-23H2,1-5H3,(H,53,58);1H2,2-5H3/t32-,33+,34?,35+,36+,39+,47?;/m1./s1. The lowest BCUT2D eigenvalue weighted by atomic mass is 9.65. The third-order valence-corrected chi connectivity index (χ3v) is 16.2. The number of halogens is 3. The molecule has 0 radical (unpaired) electrons. The van der Waals surface area contributed by atoms with Gasteiger partial charge in [-0.3, -0.25) is 14.6 Å². The summed E-state index contributed by atoms with van der Waals surface area (Å²) in [5, 5.41) is 26.8. The summed E-state index contributed by atoms with van der Waals surface area (Å²) in [6.45, 7) is 5.93. The summed E-state index contributed by atoms with van der Waals surface area (Å²) >= 11 is 19.1. The number of nitriles is 1. The maximum Gasteiger partial charge on any atom is 0.408 e. The van der Waals surface area contributed by atoms with Gasteiger partial charge in [0.1, 0.15) is 25.3 Å². The van der Waals surface area contributed by atoms with Crippen molar-refractivity contribution in [2.45, 2.75) is 78.3 Å². The molecule has 4 heterocycles. The summed E-state index contributed by atoms with van der Waals surface area (Å²) in [6.07, 6.45) is -0.751. The van der Waals surface area contributed by atoms with Gasteiger partial charge in [-0.2, -0.15) is 17.0 Å². The molecule has 3 saturated heterocycles. The molecule has 0 spiro atoms. The van der Waals surface area contributed by atoms with Crippen LogP contribution in [0.4, 0.5) is 4.79 Å². The van der Waals surface area contributed by atoms with Crippen molar-refractivity contribution in [3.05, 3.63) is 117 Å². The molecule has 4 aliphatic heterocycles. The number of alkyl carbamates (subject to hydrolysis) is 1. The number of hydrogen-bond donors (Lipinski definition) is 2. The van der Waals surface area contributed by atoms with Crippen molar-refractivity contribution in [2.24, 2.45) is 0 Å². The topological polar surface area (TPSA) is 185 Å². The SMILES string of the molecule is C=C(N(C)C)N(C)C.COCOc1c(OC)c(C)cc2c1[C@@H]1C3CC4(O)C(=O)C(C)=C5OCOC5=C4[C@H](COC(=O)[C@@H](CSCC4c5ccccc5-c5ccccc54)NC(=O)OCC(Cl)(Cl)Cl)N3[C@@H](C#N)[C@H](C2)N1C. The molecule has 17 nitrogen and oxygen atoms in total. The second-order valence-corrected chi connectivity index (χ2v) is 23.2. The van der Waals surface area contributed by atoms with Gasteiger partial charge < -0.3 is 53.4 Å². The van der Waals surface area contributed by atoms with Gasteiger partial charge in [-0.25, -0.2) is 9.59 Å². The summed E-state index contributed by atoms with van der Waals surface area (Å²) in [4.78, 5) is 50.4. The highest BCUT2D eigenvalue weighted by Crippen LogP contribution is 2.57. The van der Waals surface area contributed by atoms with Crippen molar-refractivity contribution in [1.82, 2.24) is 24.9 Å². The number of alkyl halides is 3. The van der Waals surface area contributed by atoms with E-state index in [1.165, 1.54) is 18.9 Å². The Morgan fingerprint density at radius 1 is 1.00 bits per heavy atom. The number of Topliss-reactive ketones (excluding diaryl/α,β-unsaturated/α-hetero) is 1. The van der Waals surface area contributed by atoms with Gasteiger partial charge in [-0.1, -0.05) is 96.0 Å². The number of benzene rings is 3. The highest BCUT2D eigenvalue weighted by Gasteiger charge is 2.64. The molecule has 0 aromatic heterocycles. The quantitative estimate of drug-likeness (QED) is 0.0883. The van der Waals surface area contributed by atoms with Crippen LogP contribution in [-0.2, 0) is 39.7 Å². The molecular weight excluding hydrogens is 1050 g/mol. The van der Waals surface area contributed by atoms with Gasteiger partial charge in [0.15, 0.2) is 41.2 Å². The van der Waals surface area contributed by atoms with Gasteiger partial charge in [0.25, 0.3) is 0 Å². The number of carbonyl (C=O) groups excluding carboxylic acids is 3. The zero-order chi connectivity index (χ0) is 54.3. The van der Waals surface area contributed by atoms with E-state index in [9.17, 15) is 24.8 Å². The third kappa shape index (κ3) is 10.7. The predicted octanol–water partition coefficient (Wildman–Crippen LogP) is 7.21. The van der Waals surface area contributed by atoms with Crippen molar-refractivity contribution in [3.63, 3.8) is 0 Å². The molecule has 0 saturated carbocycles. The molecule has 2 bridgehead atoms. The Balaban J connectivity index is 0.000000864. The van der Waals surface area contributed by atoms with Gasteiger partial charge in [0.2, 0.25) is 10.6 Å². The van der Waals surface area contributed by atoms with E-state index in [-0.39, 0.29) is 54.3 Å². The molecule has 9 rings (SSSR count). The number of methoxy groups -OCH3 is 2. The van der Waals surface area contributed by atoms with Crippen LogP contribution in [0.2, 0.25) is 0 Å². The minimum atomic E-state index is -2.18. The van der Waals surface area contributed by atoms with Crippen molar-refractivity contribution in [3.8, 4) is 28.7 Å². The smallest absolute Gasteiger partial charge is 0.408 e. The molecule has 3 fully saturated rings. The van der Waals surface area contributed by atoms with Gasteiger partial charge >= 0.3 is 12.1 Å². The van der Waals surface area contributed by atoms with E-state index in [0.717, 1.165) is 44.8 Å². The first kappa shape index (κ1) is 55.9. The second kappa shape index (κ2) is 22.7. The number of carbonyl (C=O) groups is 3. The van der Waals surface area contributed by atoms with Crippen LogP contribution >= 0.6 is 46.6 Å². The Bertz CT molecular complexity index is 2780. The van der Waals surface area contributed by atoms with E-state index < -0.39 is 76.7 Å². The molecule has 6 aliphatic rings. The number of fused-ring (bicyclic) bond motifs is 11. The Labute approximate surface area is 457 Å². The van der Waals surface area contributed by atoms with E-state index in [0.29, 0.717) is 23.7 Å². The molecule has 1 amide bonds. The fourth-order valence-corrected chi connectivity index (χ4v) is 12.8. The Hall–Kier alpha value is -5.36. The van der Waals surface area contributed by atoms with Crippen LogP contribution in [0.3, 0.4) is 0 Å². The molecule has 21 heteroatoms. The highest BCUT2D eigenvalue weighted by atomic mass is 35.6. The number of rotatable bonds is 15. The fraction of sp³-hybridized carbons (Fsp3) is 0.481. The van der Waals surface area contributed by atoms with Gasteiger partial charge in [-0.15, -0.1) is 0 Å². The van der Waals surface area contributed by atoms with Gasteiger partial charge in [0, 0.05) is 87.9 Å². The average molecular weight is 1110 g/mol. The first-order valence-electron chi connectivity index (χ1n) is 24.3. The van der Waals surface area contributed by atoms with Gasteiger partial charge in [0.05, 0.1) is 31.1 Å². The van der Waals surface area contributed by atoms with Crippen LogP contribution in [0, 0.1) is 18.3 Å². The van der Waals surface area contributed by atoms with Gasteiger partial charge in [-0.05, 0) is 60.7 Å². The van der Waals surface area contributed by atoms with Crippen molar-refractivity contribution in [1.29, 1.82) is 5.26 Å². The van der Waals surface area contributed by atoms with E-state index in [1.807, 2.05) is 87.2 Å². The number of aliphatic hydroxyl groups is 1. The molecule has 402 valence electrons. The molecular formula is C54H63Cl3N6O11S. The summed E-state index contributed by atoms with van der Waals surface area (Å²) in [5.41, 5.74) is 5.22. The van der Waals surface area contributed by atoms with Crippen LogP contribution in [-0.4, -0.2) is 170 Å².